The average molecular weight is 161 g/mol. The van der Waals surface area contributed by atoms with Gasteiger partial charge in [0.1, 0.15) is 12.3 Å². The minimum Gasteiger partial charge on any atom is -0.377 e. The number of carbonyl (C=O) groups is 1. The standard InChI is InChI=1S/C7H12FNO2/c1-5(10)9-3-6(8)7(4-9)11-2/h6-7H,3-4H2,1-2H3. The van der Waals surface area contributed by atoms with Crippen molar-refractivity contribution in [3.63, 3.8) is 0 Å². The predicted octanol–water partition coefficient (Wildman–Crippen LogP) is 0.202. The highest BCUT2D eigenvalue weighted by Gasteiger charge is 2.33. The van der Waals surface area contributed by atoms with Crippen molar-refractivity contribution in [3.8, 4) is 0 Å². The van der Waals surface area contributed by atoms with Crippen molar-refractivity contribution in [2.45, 2.75) is 19.2 Å². The zero-order valence-corrected chi connectivity index (χ0v) is 6.71. The SMILES string of the molecule is COC1CN(C(C)=O)CC1F. The molecule has 1 saturated heterocycles. The molecule has 3 nitrogen and oxygen atoms in total. The molecule has 2 unspecified atom stereocenters. The summed E-state index contributed by atoms with van der Waals surface area (Å²) in [6.07, 6.45) is -1.46. The van der Waals surface area contributed by atoms with Gasteiger partial charge in [-0.1, -0.05) is 0 Å². The molecular formula is C7H12FNO2. The Morgan fingerprint density at radius 1 is 1.64 bits per heavy atom. The fraction of sp³-hybridized carbons (Fsp3) is 0.857. The van der Waals surface area contributed by atoms with E-state index in [9.17, 15) is 9.18 Å². The van der Waals surface area contributed by atoms with Crippen LogP contribution in [0.1, 0.15) is 6.92 Å². The first-order valence-electron chi connectivity index (χ1n) is 3.57. The molecule has 0 aromatic rings. The summed E-state index contributed by atoms with van der Waals surface area (Å²) in [5.41, 5.74) is 0. The number of hydrogen-bond acceptors (Lipinski definition) is 2. The van der Waals surface area contributed by atoms with Crippen LogP contribution in [0.25, 0.3) is 0 Å². The number of nitrogens with zero attached hydrogens (tertiary/aromatic N) is 1. The second kappa shape index (κ2) is 3.17. The van der Waals surface area contributed by atoms with Gasteiger partial charge in [-0.2, -0.15) is 0 Å². The van der Waals surface area contributed by atoms with Crippen molar-refractivity contribution in [1.82, 2.24) is 4.90 Å². The van der Waals surface area contributed by atoms with Crippen LogP contribution in [0, 0.1) is 0 Å². The minimum atomic E-state index is -1.02. The van der Waals surface area contributed by atoms with E-state index >= 15 is 0 Å². The molecule has 1 rings (SSSR count). The minimum absolute atomic E-state index is 0.0906. The third-order valence-corrected chi connectivity index (χ3v) is 1.95. The number of halogens is 1. The number of methoxy groups -OCH3 is 1. The second-order valence-electron chi connectivity index (χ2n) is 2.71. The molecular weight excluding hydrogens is 149 g/mol. The van der Waals surface area contributed by atoms with E-state index in [2.05, 4.69) is 0 Å². The molecule has 11 heavy (non-hydrogen) atoms. The number of ether oxygens (including phenoxy) is 1. The first-order valence-corrected chi connectivity index (χ1v) is 3.57. The largest absolute Gasteiger partial charge is 0.377 e. The molecule has 1 fully saturated rings. The normalized spacial score (nSPS) is 31.0. The van der Waals surface area contributed by atoms with Crippen molar-refractivity contribution >= 4 is 5.91 Å². The van der Waals surface area contributed by atoms with Crippen LogP contribution in [0.3, 0.4) is 0 Å². The molecule has 1 heterocycles. The van der Waals surface area contributed by atoms with Crippen molar-refractivity contribution in [2.24, 2.45) is 0 Å². The van der Waals surface area contributed by atoms with Crippen molar-refractivity contribution < 1.29 is 13.9 Å². The number of rotatable bonds is 1. The second-order valence-corrected chi connectivity index (χ2v) is 2.71. The summed E-state index contributed by atoms with van der Waals surface area (Å²) in [5.74, 6) is -0.0906. The molecule has 0 aromatic carbocycles. The molecule has 0 aliphatic carbocycles. The summed E-state index contributed by atoms with van der Waals surface area (Å²) in [5, 5.41) is 0. The molecule has 0 radical (unpaired) electrons. The molecule has 0 aromatic heterocycles. The molecule has 2 atom stereocenters. The number of hydrogen-bond donors (Lipinski definition) is 0. The Morgan fingerprint density at radius 3 is 2.55 bits per heavy atom. The topological polar surface area (TPSA) is 29.5 Å². The van der Waals surface area contributed by atoms with Gasteiger partial charge in [0.25, 0.3) is 0 Å². The van der Waals surface area contributed by atoms with Gasteiger partial charge < -0.3 is 9.64 Å². The van der Waals surface area contributed by atoms with Gasteiger partial charge in [-0.05, 0) is 0 Å². The Balaban J connectivity index is 2.49. The van der Waals surface area contributed by atoms with Crippen LogP contribution in [-0.4, -0.2) is 43.3 Å². The molecule has 64 valence electrons. The smallest absolute Gasteiger partial charge is 0.219 e. The highest BCUT2D eigenvalue weighted by atomic mass is 19.1. The lowest BCUT2D eigenvalue weighted by atomic mass is 10.3. The maximum atomic E-state index is 12.9. The fourth-order valence-electron chi connectivity index (χ4n) is 1.21. The quantitative estimate of drug-likeness (QED) is 0.550. The summed E-state index contributed by atoms with van der Waals surface area (Å²) < 4.78 is 17.7. The van der Waals surface area contributed by atoms with Gasteiger partial charge in [-0.25, -0.2) is 4.39 Å². The van der Waals surface area contributed by atoms with E-state index in [1.165, 1.54) is 18.9 Å². The van der Waals surface area contributed by atoms with E-state index in [4.69, 9.17) is 4.74 Å². The summed E-state index contributed by atoms with van der Waals surface area (Å²) >= 11 is 0. The molecule has 0 N–H and O–H groups in total. The van der Waals surface area contributed by atoms with E-state index in [0.29, 0.717) is 6.54 Å². The van der Waals surface area contributed by atoms with Crippen LogP contribution >= 0.6 is 0 Å². The van der Waals surface area contributed by atoms with E-state index < -0.39 is 12.3 Å². The van der Waals surface area contributed by atoms with Crippen LogP contribution in [0.2, 0.25) is 0 Å². The van der Waals surface area contributed by atoms with Gasteiger partial charge in [0.05, 0.1) is 6.54 Å². The number of likely N-dealkylation sites (tertiary alicyclic amines) is 1. The molecule has 0 saturated carbocycles. The Kier molecular flexibility index (Phi) is 2.44. The lowest BCUT2D eigenvalue weighted by Gasteiger charge is -2.11. The average Bonchev–Trinajstić information content (AvgIpc) is 2.31. The predicted molar refractivity (Wildman–Crippen MR) is 37.9 cm³/mol. The van der Waals surface area contributed by atoms with Crippen LogP contribution in [-0.2, 0) is 9.53 Å². The summed E-state index contributed by atoms with van der Waals surface area (Å²) in [7, 11) is 1.46. The van der Waals surface area contributed by atoms with Crippen molar-refractivity contribution in [2.75, 3.05) is 20.2 Å². The molecule has 4 heteroatoms. The van der Waals surface area contributed by atoms with E-state index in [0.717, 1.165) is 0 Å². The first-order chi connectivity index (χ1) is 5.15. The maximum Gasteiger partial charge on any atom is 0.219 e. The highest BCUT2D eigenvalue weighted by Crippen LogP contribution is 2.15. The van der Waals surface area contributed by atoms with E-state index in [-0.39, 0.29) is 12.5 Å². The molecule has 1 amide bonds. The zero-order chi connectivity index (χ0) is 8.43. The lowest BCUT2D eigenvalue weighted by molar-refractivity contribution is -0.128. The van der Waals surface area contributed by atoms with E-state index in [1.54, 1.807) is 0 Å². The zero-order valence-electron chi connectivity index (χ0n) is 6.71. The molecule has 1 aliphatic heterocycles. The number of alkyl halides is 1. The third kappa shape index (κ3) is 1.68. The summed E-state index contributed by atoms with van der Waals surface area (Å²) in [4.78, 5) is 12.2. The van der Waals surface area contributed by atoms with Gasteiger partial charge in [-0.3, -0.25) is 4.79 Å². The van der Waals surface area contributed by atoms with Gasteiger partial charge in [0, 0.05) is 20.6 Å². The Bertz CT molecular complexity index is 163. The summed E-state index contributed by atoms with van der Waals surface area (Å²) in [6.45, 7) is 1.99. The first kappa shape index (κ1) is 8.46. The fourth-order valence-corrected chi connectivity index (χ4v) is 1.21. The molecule has 0 spiro atoms. The lowest BCUT2D eigenvalue weighted by Crippen LogP contribution is -2.27. The van der Waals surface area contributed by atoms with Crippen LogP contribution in [0.15, 0.2) is 0 Å². The summed E-state index contributed by atoms with van der Waals surface area (Å²) in [6, 6.07) is 0. The van der Waals surface area contributed by atoms with Gasteiger partial charge in [-0.15, -0.1) is 0 Å². The molecule has 0 bridgehead atoms. The van der Waals surface area contributed by atoms with Crippen LogP contribution in [0.5, 0.6) is 0 Å². The van der Waals surface area contributed by atoms with Crippen molar-refractivity contribution in [1.29, 1.82) is 0 Å². The van der Waals surface area contributed by atoms with E-state index in [1.807, 2.05) is 0 Å². The van der Waals surface area contributed by atoms with Crippen molar-refractivity contribution in [3.05, 3.63) is 0 Å². The Labute approximate surface area is 65.1 Å². The van der Waals surface area contributed by atoms with Gasteiger partial charge in [0.2, 0.25) is 5.91 Å². The number of carbonyl (C=O) groups excluding carboxylic acids is 1. The third-order valence-electron chi connectivity index (χ3n) is 1.95. The van der Waals surface area contributed by atoms with Gasteiger partial charge >= 0.3 is 0 Å². The Morgan fingerprint density at radius 2 is 2.27 bits per heavy atom. The van der Waals surface area contributed by atoms with Crippen LogP contribution in [0.4, 0.5) is 4.39 Å². The monoisotopic (exact) mass is 161 g/mol. The maximum absolute atomic E-state index is 12.9. The highest BCUT2D eigenvalue weighted by molar-refractivity contribution is 5.73. The van der Waals surface area contributed by atoms with Gasteiger partial charge in [0.15, 0.2) is 0 Å². The van der Waals surface area contributed by atoms with Crippen LogP contribution < -0.4 is 0 Å². The Hall–Kier alpha value is -0.640. The number of amides is 1. The molecule has 1 aliphatic rings.